The van der Waals surface area contributed by atoms with Gasteiger partial charge in [0.25, 0.3) is 0 Å². The van der Waals surface area contributed by atoms with Gasteiger partial charge in [-0.2, -0.15) is 13.2 Å². The molecule has 0 aromatic carbocycles. The minimum Gasteiger partial charge on any atom is -0.348 e. The maximum atomic E-state index is 12.5. The first kappa shape index (κ1) is 16.2. The fraction of sp³-hybridized carbons (Fsp3) is 0.667. The van der Waals surface area contributed by atoms with Crippen LogP contribution in [0.15, 0.2) is 10.7 Å². The lowest BCUT2D eigenvalue weighted by molar-refractivity contribution is -0.119. The molecule has 0 atom stereocenters. The van der Waals surface area contributed by atoms with Crippen molar-refractivity contribution in [2.75, 3.05) is 18.0 Å². The van der Waals surface area contributed by atoms with E-state index in [2.05, 4.69) is 25.9 Å². The zero-order valence-electron chi connectivity index (χ0n) is 11.3. The van der Waals surface area contributed by atoms with Crippen molar-refractivity contribution in [1.29, 1.82) is 0 Å². The van der Waals surface area contributed by atoms with Crippen LogP contribution < -0.4 is 4.90 Å². The highest BCUT2D eigenvalue weighted by molar-refractivity contribution is 9.10. The molecule has 0 amide bonds. The second-order valence-electron chi connectivity index (χ2n) is 5.25. The Morgan fingerprint density at radius 3 is 2.21 bits per heavy atom. The number of anilines is 1. The second kappa shape index (κ2) is 5.64. The van der Waals surface area contributed by atoms with E-state index in [0.717, 1.165) is 0 Å². The molecule has 0 saturated carbocycles. The number of hydrogen-bond donors (Lipinski definition) is 0. The van der Waals surface area contributed by atoms with E-state index in [0.29, 0.717) is 10.4 Å². The fourth-order valence-corrected chi connectivity index (χ4v) is 1.85. The van der Waals surface area contributed by atoms with Crippen molar-refractivity contribution >= 4 is 21.7 Å². The van der Waals surface area contributed by atoms with E-state index in [1.807, 2.05) is 20.8 Å². The Morgan fingerprint density at radius 1 is 1.21 bits per heavy atom. The molecule has 1 aromatic rings. The minimum atomic E-state index is -4.25. The predicted molar refractivity (Wildman–Crippen MR) is 72.4 cm³/mol. The van der Waals surface area contributed by atoms with Crippen LogP contribution in [-0.4, -0.2) is 29.2 Å². The van der Waals surface area contributed by atoms with Gasteiger partial charge in [0.2, 0.25) is 0 Å². The Bertz CT molecular complexity index is 441. The van der Waals surface area contributed by atoms with E-state index < -0.39 is 12.7 Å². The molecule has 0 unspecified atom stereocenters. The first-order valence-electron chi connectivity index (χ1n) is 5.89. The zero-order chi connectivity index (χ0) is 14.8. The summed E-state index contributed by atoms with van der Waals surface area (Å²) in [5.74, 6) is 0.795. The van der Waals surface area contributed by atoms with Crippen molar-refractivity contribution in [3.63, 3.8) is 0 Å². The summed E-state index contributed by atoms with van der Waals surface area (Å²) >= 11 is 3.22. The third-order valence-corrected chi connectivity index (χ3v) is 2.83. The summed E-state index contributed by atoms with van der Waals surface area (Å²) in [4.78, 5) is 9.64. The molecule has 0 aliphatic rings. The minimum absolute atomic E-state index is 0.229. The lowest BCUT2D eigenvalue weighted by Crippen LogP contribution is -2.35. The van der Waals surface area contributed by atoms with Crippen LogP contribution in [-0.2, 0) is 5.41 Å². The van der Waals surface area contributed by atoms with Crippen molar-refractivity contribution in [1.82, 2.24) is 9.97 Å². The molecule has 0 fully saturated rings. The topological polar surface area (TPSA) is 29.0 Å². The molecule has 1 aromatic heterocycles. The molecule has 0 saturated heterocycles. The van der Waals surface area contributed by atoms with E-state index in [-0.39, 0.29) is 17.8 Å². The third kappa shape index (κ3) is 4.97. The van der Waals surface area contributed by atoms with Crippen molar-refractivity contribution in [3.05, 3.63) is 16.5 Å². The van der Waals surface area contributed by atoms with E-state index in [1.165, 1.54) is 11.0 Å². The molecule has 3 nitrogen and oxygen atoms in total. The molecule has 108 valence electrons. The van der Waals surface area contributed by atoms with Crippen LogP contribution in [0.5, 0.6) is 0 Å². The first-order valence-corrected chi connectivity index (χ1v) is 6.69. The molecule has 7 heteroatoms. The van der Waals surface area contributed by atoms with Crippen LogP contribution in [0.4, 0.5) is 19.0 Å². The number of halogens is 4. The van der Waals surface area contributed by atoms with E-state index in [9.17, 15) is 13.2 Å². The van der Waals surface area contributed by atoms with Gasteiger partial charge in [-0.05, 0) is 22.9 Å². The van der Waals surface area contributed by atoms with Crippen LogP contribution in [0, 0.1) is 0 Å². The molecular formula is C12H17BrF3N3. The fourth-order valence-electron chi connectivity index (χ4n) is 1.47. The Balaban J connectivity index is 3.14. The van der Waals surface area contributed by atoms with Gasteiger partial charge >= 0.3 is 6.18 Å². The molecule has 0 radical (unpaired) electrons. The highest BCUT2D eigenvalue weighted by Gasteiger charge is 2.31. The molecule has 0 spiro atoms. The van der Waals surface area contributed by atoms with E-state index >= 15 is 0 Å². The van der Waals surface area contributed by atoms with Gasteiger partial charge in [0.05, 0.1) is 0 Å². The average Bonchev–Trinajstić information content (AvgIpc) is 2.22. The Hall–Kier alpha value is -0.850. The molecule has 0 bridgehead atoms. The lowest BCUT2D eigenvalue weighted by Gasteiger charge is -2.25. The summed E-state index contributed by atoms with van der Waals surface area (Å²) < 4.78 is 38.0. The van der Waals surface area contributed by atoms with Crippen LogP contribution >= 0.6 is 15.9 Å². The zero-order valence-corrected chi connectivity index (χ0v) is 12.9. The van der Waals surface area contributed by atoms with E-state index in [1.54, 1.807) is 6.92 Å². The van der Waals surface area contributed by atoms with Crippen molar-refractivity contribution in [2.24, 2.45) is 0 Å². The number of nitrogens with zero attached hydrogens (tertiary/aromatic N) is 3. The largest absolute Gasteiger partial charge is 0.405 e. The maximum Gasteiger partial charge on any atom is 0.405 e. The van der Waals surface area contributed by atoms with Crippen LogP contribution in [0.25, 0.3) is 0 Å². The Morgan fingerprint density at radius 2 is 1.79 bits per heavy atom. The lowest BCUT2D eigenvalue weighted by atomic mass is 9.96. The number of alkyl halides is 3. The highest BCUT2D eigenvalue weighted by Crippen LogP contribution is 2.26. The van der Waals surface area contributed by atoms with Crippen molar-refractivity contribution in [3.8, 4) is 0 Å². The van der Waals surface area contributed by atoms with Gasteiger partial charge in [0, 0.05) is 18.0 Å². The summed E-state index contributed by atoms with van der Waals surface area (Å²) in [5.41, 5.74) is -0.323. The Kier molecular flexibility index (Phi) is 4.81. The molecule has 1 heterocycles. The van der Waals surface area contributed by atoms with Gasteiger partial charge in [0.1, 0.15) is 22.8 Å². The molecule has 1 rings (SSSR count). The predicted octanol–water partition coefficient (Wildman–Crippen LogP) is 3.93. The van der Waals surface area contributed by atoms with E-state index in [4.69, 9.17) is 0 Å². The normalized spacial score (nSPS) is 12.6. The van der Waals surface area contributed by atoms with Crippen LogP contribution in [0.2, 0.25) is 0 Å². The Labute approximate surface area is 119 Å². The standard InChI is InChI=1S/C12H17BrF3N3/c1-5-19(7-12(14,15)16)9-6-8(13)17-10(18-9)11(2,3)4/h6H,5,7H2,1-4H3. The quantitative estimate of drug-likeness (QED) is 0.781. The SMILES string of the molecule is CCN(CC(F)(F)F)c1cc(Br)nc(C(C)(C)C)n1. The highest BCUT2D eigenvalue weighted by atomic mass is 79.9. The first-order chi connectivity index (χ1) is 8.53. The smallest absolute Gasteiger partial charge is 0.348 e. The molecule has 0 aliphatic carbocycles. The third-order valence-electron chi connectivity index (χ3n) is 2.43. The van der Waals surface area contributed by atoms with Gasteiger partial charge in [-0.15, -0.1) is 0 Å². The summed E-state index contributed by atoms with van der Waals surface area (Å²) in [5, 5.41) is 0. The summed E-state index contributed by atoms with van der Waals surface area (Å²) in [6, 6.07) is 1.50. The number of hydrogen-bond acceptors (Lipinski definition) is 3. The molecule has 0 N–H and O–H groups in total. The summed E-state index contributed by atoms with van der Waals surface area (Å²) in [7, 11) is 0. The van der Waals surface area contributed by atoms with Crippen molar-refractivity contribution < 1.29 is 13.2 Å². The second-order valence-corrected chi connectivity index (χ2v) is 6.06. The summed E-state index contributed by atoms with van der Waals surface area (Å²) in [6.07, 6.45) is -4.25. The molecule has 0 aliphatic heterocycles. The number of aromatic nitrogens is 2. The van der Waals surface area contributed by atoms with Gasteiger partial charge in [-0.1, -0.05) is 20.8 Å². The molecular weight excluding hydrogens is 323 g/mol. The van der Waals surface area contributed by atoms with Gasteiger partial charge in [-0.25, -0.2) is 9.97 Å². The average molecular weight is 340 g/mol. The van der Waals surface area contributed by atoms with Crippen LogP contribution in [0.1, 0.15) is 33.5 Å². The van der Waals surface area contributed by atoms with Crippen molar-refractivity contribution in [2.45, 2.75) is 39.3 Å². The number of rotatable bonds is 3. The maximum absolute atomic E-state index is 12.5. The monoisotopic (exact) mass is 339 g/mol. The van der Waals surface area contributed by atoms with Gasteiger partial charge < -0.3 is 4.90 Å². The van der Waals surface area contributed by atoms with Crippen LogP contribution in [0.3, 0.4) is 0 Å². The van der Waals surface area contributed by atoms with Gasteiger partial charge in [0.15, 0.2) is 0 Å². The summed E-state index contributed by atoms with van der Waals surface area (Å²) in [6.45, 7) is 6.62. The molecule has 19 heavy (non-hydrogen) atoms. The van der Waals surface area contributed by atoms with Gasteiger partial charge in [-0.3, -0.25) is 0 Å².